The van der Waals surface area contributed by atoms with E-state index in [2.05, 4.69) is 26.0 Å². The molecular weight excluding hydrogens is 288 g/mol. The maximum absolute atomic E-state index is 11.7. The summed E-state index contributed by atoms with van der Waals surface area (Å²) in [5.74, 6) is 0. The topological polar surface area (TPSA) is 58.2 Å². The molecule has 1 aromatic heterocycles. The van der Waals surface area contributed by atoms with Gasteiger partial charge in [-0.1, -0.05) is 0 Å². The van der Waals surface area contributed by atoms with E-state index in [4.69, 9.17) is 0 Å². The fourth-order valence-electron chi connectivity index (χ4n) is 1.09. The minimum absolute atomic E-state index is 0.0425. The Bertz CT molecular complexity index is 425. The molecule has 0 saturated carbocycles. The van der Waals surface area contributed by atoms with E-state index in [0.717, 1.165) is 3.79 Å². The van der Waals surface area contributed by atoms with Gasteiger partial charge in [-0.15, -0.1) is 11.3 Å². The molecule has 1 fully saturated rings. The van der Waals surface area contributed by atoms with Crippen LogP contribution < -0.4 is 10.0 Å². The Morgan fingerprint density at radius 1 is 1.50 bits per heavy atom. The zero-order valence-electron chi connectivity index (χ0n) is 7.16. The fraction of sp³-hybridized carbons (Fsp3) is 0.429. The van der Waals surface area contributed by atoms with Gasteiger partial charge in [0, 0.05) is 19.1 Å². The molecule has 0 bridgehead atoms. The number of hydrogen-bond acceptors (Lipinski definition) is 4. The van der Waals surface area contributed by atoms with Crippen LogP contribution in [0, 0.1) is 0 Å². The fourth-order valence-corrected chi connectivity index (χ4v) is 4.35. The van der Waals surface area contributed by atoms with E-state index in [1.54, 1.807) is 12.1 Å². The number of nitrogens with one attached hydrogen (secondary N) is 2. The van der Waals surface area contributed by atoms with Crippen LogP contribution in [0.2, 0.25) is 0 Å². The van der Waals surface area contributed by atoms with Gasteiger partial charge in [0.2, 0.25) is 10.0 Å². The number of sulfonamides is 1. The van der Waals surface area contributed by atoms with Crippen molar-refractivity contribution < 1.29 is 8.42 Å². The highest BCUT2D eigenvalue weighted by molar-refractivity contribution is 9.11. The quantitative estimate of drug-likeness (QED) is 0.866. The lowest BCUT2D eigenvalue weighted by Gasteiger charge is -2.27. The van der Waals surface area contributed by atoms with Gasteiger partial charge < -0.3 is 5.32 Å². The first-order chi connectivity index (χ1) is 6.58. The standard InChI is InChI=1S/C7H9BrN2O2S2/c8-6-1-2-7(13-6)14(11,12)10-5-3-9-4-5/h1-2,5,9-10H,3-4H2. The van der Waals surface area contributed by atoms with Crippen LogP contribution in [0.5, 0.6) is 0 Å². The Morgan fingerprint density at radius 2 is 2.21 bits per heavy atom. The van der Waals surface area contributed by atoms with E-state index in [1.807, 2.05) is 0 Å². The molecular formula is C7H9BrN2O2S2. The summed E-state index contributed by atoms with van der Waals surface area (Å²) in [6.45, 7) is 1.43. The number of rotatable bonds is 3. The maximum atomic E-state index is 11.7. The predicted molar refractivity (Wildman–Crippen MR) is 59.0 cm³/mol. The second kappa shape index (κ2) is 3.90. The number of thiophene rings is 1. The van der Waals surface area contributed by atoms with Gasteiger partial charge in [0.1, 0.15) is 4.21 Å². The molecule has 0 aliphatic carbocycles. The van der Waals surface area contributed by atoms with Crippen LogP contribution in [0.3, 0.4) is 0 Å². The molecule has 1 aliphatic rings. The van der Waals surface area contributed by atoms with Gasteiger partial charge in [0.15, 0.2) is 0 Å². The third-order valence-corrected chi connectivity index (χ3v) is 5.55. The molecule has 0 unspecified atom stereocenters. The average Bonchev–Trinajstić information content (AvgIpc) is 2.45. The molecule has 1 aliphatic heterocycles. The molecule has 0 aromatic carbocycles. The van der Waals surface area contributed by atoms with Gasteiger partial charge in [-0.2, -0.15) is 0 Å². The number of hydrogen-bond donors (Lipinski definition) is 2. The van der Waals surface area contributed by atoms with Gasteiger partial charge >= 0.3 is 0 Å². The van der Waals surface area contributed by atoms with E-state index in [1.165, 1.54) is 11.3 Å². The van der Waals surface area contributed by atoms with E-state index in [9.17, 15) is 8.42 Å². The van der Waals surface area contributed by atoms with Crippen LogP contribution in [0.1, 0.15) is 0 Å². The van der Waals surface area contributed by atoms with Crippen LogP contribution in [0.4, 0.5) is 0 Å². The third kappa shape index (κ3) is 2.17. The molecule has 1 saturated heterocycles. The van der Waals surface area contributed by atoms with Crippen LogP contribution in [0.15, 0.2) is 20.1 Å². The normalized spacial score (nSPS) is 18.1. The molecule has 0 atom stereocenters. The summed E-state index contributed by atoms with van der Waals surface area (Å²) in [5, 5.41) is 3.01. The summed E-state index contributed by atoms with van der Waals surface area (Å²) in [7, 11) is -3.30. The minimum Gasteiger partial charge on any atom is -0.313 e. The highest BCUT2D eigenvalue weighted by Crippen LogP contribution is 2.25. The molecule has 2 N–H and O–H groups in total. The maximum Gasteiger partial charge on any atom is 0.250 e. The molecule has 78 valence electrons. The Kier molecular flexibility index (Phi) is 2.94. The summed E-state index contributed by atoms with van der Waals surface area (Å²) in [6, 6.07) is 3.38. The van der Waals surface area contributed by atoms with E-state index < -0.39 is 10.0 Å². The summed E-state index contributed by atoms with van der Waals surface area (Å²) in [5.41, 5.74) is 0. The van der Waals surface area contributed by atoms with Crippen molar-refractivity contribution >= 4 is 37.3 Å². The van der Waals surface area contributed by atoms with Gasteiger partial charge in [-0.05, 0) is 28.1 Å². The Labute approximate surface area is 94.9 Å². The van der Waals surface area contributed by atoms with E-state index >= 15 is 0 Å². The molecule has 0 amide bonds. The van der Waals surface area contributed by atoms with Gasteiger partial charge in [-0.25, -0.2) is 13.1 Å². The van der Waals surface area contributed by atoms with E-state index in [-0.39, 0.29) is 6.04 Å². The second-order valence-electron chi connectivity index (χ2n) is 3.04. The largest absolute Gasteiger partial charge is 0.313 e. The molecule has 4 nitrogen and oxygen atoms in total. The predicted octanol–water partition coefficient (Wildman–Crippen LogP) is 0.761. The van der Waals surface area contributed by atoms with Crippen molar-refractivity contribution in [1.82, 2.24) is 10.0 Å². The SMILES string of the molecule is O=S(=O)(NC1CNC1)c1ccc(Br)s1. The summed E-state index contributed by atoms with van der Waals surface area (Å²) in [4.78, 5) is 0. The first kappa shape index (κ1) is 10.6. The second-order valence-corrected chi connectivity index (χ2v) is 7.44. The van der Waals surface area contributed by atoms with Gasteiger partial charge in [0.25, 0.3) is 0 Å². The number of halogens is 1. The molecule has 2 heterocycles. The first-order valence-electron chi connectivity index (χ1n) is 4.06. The monoisotopic (exact) mass is 296 g/mol. The highest BCUT2D eigenvalue weighted by atomic mass is 79.9. The lowest BCUT2D eigenvalue weighted by atomic mass is 10.2. The first-order valence-corrected chi connectivity index (χ1v) is 7.15. The zero-order valence-corrected chi connectivity index (χ0v) is 10.4. The molecule has 7 heteroatoms. The summed E-state index contributed by atoms with van der Waals surface area (Å²) >= 11 is 4.45. The van der Waals surface area contributed by atoms with Gasteiger partial charge in [0.05, 0.1) is 3.79 Å². The zero-order chi connectivity index (χ0) is 10.2. The Balaban J connectivity index is 2.15. The summed E-state index contributed by atoms with van der Waals surface area (Å²) in [6.07, 6.45) is 0. The molecule has 0 spiro atoms. The lowest BCUT2D eigenvalue weighted by Crippen LogP contribution is -2.56. The van der Waals surface area contributed by atoms with E-state index in [0.29, 0.717) is 17.3 Å². The average molecular weight is 297 g/mol. The van der Waals surface area contributed by atoms with Crippen LogP contribution in [0.25, 0.3) is 0 Å². The highest BCUT2D eigenvalue weighted by Gasteiger charge is 2.25. The molecule has 1 aromatic rings. The molecule has 2 rings (SSSR count). The molecule has 0 radical (unpaired) electrons. The van der Waals surface area contributed by atoms with Crippen molar-refractivity contribution in [1.29, 1.82) is 0 Å². The third-order valence-electron chi connectivity index (χ3n) is 1.92. The van der Waals surface area contributed by atoms with Crippen LogP contribution in [-0.4, -0.2) is 27.5 Å². The summed E-state index contributed by atoms with van der Waals surface area (Å²) < 4.78 is 27.2. The minimum atomic E-state index is -3.30. The lowest BCUT2D eigenvalue weighted by molar-refractivity contribution is 0.410. The van der Waals surface area contributed by atoms with Crippen LogP contribution in [-0.2, 0) is 10.0 Å². The van der Waals surface area contributed by atoms with Crippen molar-refractivity contribution in [2.75, 3.05) is 13.1 Å². The van der Waals surface area contributed by atoms with Crippen molar-refractivity contribution in [3.8, 4) is 0 Å². The smallest absolute Gasteiger partial charge is 0.250 e. The van der Waals surface area contributed by atoms with Crippen molar-refractivity contribution in [3.63, 3.8) is 0 Å². The van der Waals surface area contributed by atoms with Crippen molar-refractivity contribution in [2.24, 2.45) is 0 Å². The Hall–Kier alpha value is 0.0500. The van der Waals surface area contributed by atoms with Crippen LogP contribution >= 0.6 is 27.3 Å². The Morgan fingerprint density at radius 3 is 2.64 bits per heavy atom. The van der Waals surface area contributed by atoms with Crippen molar-refractivity contribution in [3.05, 3.63) is 15.9 Å². The van der Waals surface area contributed by atoms with Gasteiger partial charge in [-0.3, -0.25) is 0 Å². The molecule has 14 heavy (non-hydrogen) atoms. The van der Waals surface area contributed by atoms with Crippen molar-refractivity contribution in [2.45, 2.75) is 10.3 Å².